The van der Waals surface area contributed by atoms with Crippen molar-refractivity contribution < 1.29 is 0 Å². The highest BCUT2D eigenvalue weighted by atomic mass is 14.9. The van der Waals surface area contributed by atoms with Crippen molar-refractivity contribution in [3.05, 3.63) is 35.4 Å². The lowest BCUT2D eigenvalue weighted by molar-refractivity contribution is 0.185. The Morgan fingerprint density at radius 3 is 2.26 bits per heavy atom. The lowest BCUT2D eigenvalue weighted by atomic mass is 9.67. The Labute approximate surface area is 118 Å². The van der Waals surface area contributed by atoms with Gasteiger partial charge in [0.25, 0.3) is 0 Å². The number of hydrogen-bond donors (Lipinski definition) is 1. The third-order valence-corrected chi connectivity index (χ3v) is 4.64. The molecule has 1 fully saturated rings. The summed E-state index contributed by atoms with van der Waals surface area (Å²) in [6, 6.07) is 10.0. The van der Waals surface area contributed by atoms with Crippen LogP contribution in [0.25, 0.3) is 0 Å². The van der Waals surface area contributed by atoms with Crippen LogP contribution in [0.3, 0.4) is 0 Å². The minimum absolute atomic E-state index is 0.259. The zero-order valence-electron chi connectivity index (χ0n) is 13.2. The molecule has 3 unspecified atom stereocenters. The van der Waals surface area contributed by atoms with Gasteiger partial charge in [0.1, 0.15) is 0 Å². The van der Waals surface area contributed by atoms with E-state index in [0.717, 1.165) is 24.4 Å². The molecular weight excluding hydrogens is 230 g/mol. The van der Waals surface area contributed by atoms with Crippen LogP contribution in [0.4, 0.5) is 0 Å². The first kappa shape index (κ1) is 14.6. The van der Waals surface area contributed by atoms with E-state index in [4.69, 9.17) is 0 Å². The molecule has 1 aliphatic carbocycles. The Bertz CT molecular complexity index is 399. The molecule has 1 aromatic carbocycles. The van der Waals surface area contributed by atoms with Crippen molar-refractivity contribution in [2.24, 2.45) is 5.92 Å². The van der Waals surface area contributed by atoms with Crippen LogP contribution >= 0.6 is 0 Å². The summed E-state index contributed by atoms with van der Waals surface area (Å²) in [5.41, 5.74) is 3.22. The van der Waals surface area contributed by atoms with Crippen molar-refractivity contribution in [1.29, 1.82) is 0 Å². The minimum Gasteiger partial charge on any atom is -0.314 e. The third-order valence-electron chi connectivity index (χ3n) is 4.64. The fraction of sp³-hybridized carbons (Fsp3) is 0.667. The fourth-order valence-corrected chi connectivity index (χ4v) is 3.06. The lowest BCUT2D eigenvalue weighted by Crippen LogP contribution is -2.48. The van der Waals surface area contributed by atoms with Gasteiger partial charge >= 0.3 is 0 Å². The van der Waals surface area contributed by atoms with Crippen LogP contribution in [-0.4, -0.2) is 12.6 Å². The molecule has 1 saturated carbocycles. The fourth-order valence-electron chi connectivity index (χ4n) is 3.06. The zero-order valence-corrected chi connectivity index (χ0v) is 13.2. The van der Waals surface area contributed by atoms with Crippen LogP contribution in [0.5, 0.6) is 0 Å². The smallest absolute Gasteiger partial charge is 0.0104 e. The molecule has 0 heterocycles. The first-order chi connectivity index (χ1) is 8.93. The molecule has 0 aromatic heterocycles. The number of rotatable bonds is 4. The first-order valence-electron chi connectivity index (χ1n) is 7.77. The molecule has 1 nitrogen and oxygen atoms in total. The van der Waals surface area contributed by atoms with Gasteiger partial charge in [-0.3, -0.25) is 0 Å². The summed E-state index contributed by atoms with van der Waals surface area (Å²) in [7, 11) is 0. The molecule has 3 atom stereocenters. The van der Waals surface area contributed by atoms with Crippen molar-refractivity contribution in [3.63, 3.8) is 0 Å². The summed E-state index contributed by atoms with van der Waals surface area (Å²) < 4.78 is 0. The van der Waals surface area contributed by atoms with Gasteiger partial charge in [-0.15, -0.1) is 0 Å². The highest BCUT2D eigenvalue weighted by molar-refractivity contribution is 5.31. The quantitative estimate of drug-likeness (QED) is 0.841. The maximum atomic E-state index is 3.65. The van der Waals surface area contributed by atoms with Gasteiger partial charge in [0.15, 0.2) is 0 Å². The third kappa shape index (κ3) is 3.20. The summed E-state index contributed by atoms with van der Waals surface area (Å²) >= 11 is 0. The van der Waals surface area contributed by atoms with Crippen molar-refractivity contribution in [1.82, 2.24) is 5.32 Å². The zero-order chi connectivity index (χ0) is 14.0. The Kier molecular flexibility index (Phi) is 4.35. The molecule has 0 spiro atoms. The average molecular weight is 259 g/mol. The average Bonchev–Trinajstić information content (AvgIpc) is 2.36. The van der Waals surface area contributed by atoms with Crippen molar-refractivity contribution in [3.8, 4) is 0 Å². The van der Waals surface area contributed by atoms with Crippen LogP contribution < -0.4 is 5.32 Å². The van der Waals surface area contributed by atoms with Crippen LogP contribution in [0.15, 0.2) is 24.3 Å². The second-order valence-electron chi connectivity index (χ2n) is 7.13. The van der Waals surface area contributed by atoms with Crippen LogP contribution in [0.2, 0.25) is 0 Å². The van der Waals surface area contributed by atoms with E-state index in [1.807, 2.05) is 0 Å². The Morgan fingerprint density at radius 1 is 1.16 bits per heavy atom. The van der Waals surface area contributed by atoms with Crippen molar-refractivity contribution in [2.75, 3.05) is 6.54 Å². The molecule has 0 radical (unpaired) electrons. The number of hydrogen-bond acceptors (Lipinski definition) is 1. The molecule has 1 N–H and O–H groups in total. The van der Waals surface area contributed by atoms with Gasteiger partial charge in [-0.05, 0) is 47.8 Å². The summed E-state index contributed by atoms with van der Waals surface area (Å²) in [6.45, 7) is 12.6. The number of nitrogens with one attached hydrogen (secondary N) is 1. The summed E-state index contributed by atoms with van der Waals surface area (Å²) in [5.74, 6) is 1.52. The highest BCUT2D eigenvalue weighted by Gasteiger charge is 2.37. The van der Waals surface area contributed by atoms with Crippen molar-refractivity contribution >= 4 is 0 Å². The van der Waals surface area contributed by atoms with Gasteiger partial charge in [-0.25, -0.2) is 0 Å². The molecule has 1 aliphatic rings. The second kappa shape index (κ2) is 5.66. The van der Waals surface area contributed by atoms with E-state index in [2.05, 4.69) is 64.2 Å². The van der Waals surface area contributed by atoms with Gasteiger partial charge in [0.05, 0.1) is 0 Å². The number of benzene rings is 1. The van der Waals surface area contributed by atoms with E-state index < -0.39 is 0 Å². The molecule has 106 valence electrons. The van der Waals surface area contributed by atoms with E-state index in [0.29, 0.717) is 0 Å². The maximum absolute atomic E-state index is 3.65. The van der Waals surface area contributed by atoms with E-state index >= 15 is 0 Å². The maximum Gasteiger partial charge on any atom is 0.0104 e. The normalized spacial score (nSPS) is 27.1. The van der Waals surface area contributed by atoms with Gasteiger partial charge in [0, 0.05) is 6.04 Å². The molecule has 0 aliphatic heterocycles. The second-order valence-corrected chi connectivity index (χ2v) is 7.13. The SMILES string of the molecule is CCCNC1CC(c2ccc(C(C)(C)C)cc2)C1C. The topological polar surface area (TPSA) is 12.0 Å². The molecule has 1 aromatic rings. The van der Waals surface area contributed by atoms with Crippen LogP contribution in [0.1, 0.15) is 64.5 Å². The molecule has 1 heteroatoms. The molecule has 0 saturated heterocycles. The van der Waals surface area contributed by atoms with Gasteiger partial charge in [0.2, 0.25) is 0 Å². The first-order valence-corrected chi connectivity index (χ1v) is 7.77. The summed E-state index contributed by atoms with van der Waals surface area (Å²) in [6.07, 6.45) is 2.53. The largest absolute Gasteiger partial charge is 0.314 e. The van der Waals surface area contributed by atoms with Gasteiger partial charge in [-0.2, -0.15) is 0 Å². The predicted octanol–water partition coefficient (Wildman–Crippen LogP) is 4.48. The Balaban J connectivity index is 1.97. The lowest BCUT2D eigenvalue weighted by Gasteiger charge is -2.44. The Morgan fingerprint density at radius 2 is 1.79 bits per heavy atom. The van der Waals surface area contributed by atoms with Crippen LogP contribution in [-0.2, 0) is 5.41 Å². The van der Waals surface area contributed by atoms with E-state index in [1.165, 1.54) is 24.0 Å². The van der Waals surface area contributed by atoms with E-state index in [1.54, 1.807) is 0 Å². The van der Waals surface area contributed by atoms with E-state index in [9.17, 15) is 0 Å². The standard InChI is InChI=1S/C18H29N/c1-6-11-19-17-12-16(13(17)2)14-7-9-15(10-8-14)18(3,4)5/h7-10,13,16-17,19H,6,11-12H2,1-5H3. The van der Waals surface area contributed by atoms with E-state index in [-0.39, 0.29) is 5.41 Å². The molecule has 0 bridgehead atoms. The molecule has 0 amide bonds. The van der Waals surface area contributed by atoms with Gasteiger partial charge < -0.3 is 5.32 Å². The molecule has 2 rings (SSSR count). The van der Waals surface area contributed by atoms with Gasteiger partial charge in [-0.1, -0.05) is 58.9 Å². The summed E-state index contributed by atoms with van der Waals surface area (Å²) in [5, 5.41) is 3.65. The monoisotopic (exact) mass is 259 g/mol. The minimum atomic E-state index is 0.259. The highest BCUT2D eigenvalue weighted by Crippen LogP contribution is 2.42. The molecular formula is C18H29N. The molecule has 19 heavy (non-hydrogen) atoms. The van der Waals surface area contributed by atoms with Crippen LogP contribution in [0, 0.1) is 5.92 Å². The van der Waals surface area contributed by atoms with Crippen molar-refractivity contribution in [2.45, 2.75) is 64.8 Å². The Hall–Kier alpha value is -0.820. The summed E-state index contributed by atoms with van der Waals surface area (Å²) in [4.78, 5) is 0. The predicted molar refractivity (Wildman–Crippen MR) is 83.7 cm³/mol.